The van der Waals surface area contributed by atoms with Crippen molar-refractivity contribution in [2.24, 2.45) is 0 Å². The molecule has 1 atom stereocenters. The fraction of sp³-hybridized carbons (Fsp3) is 0.543. The lowest BCUT2D eigenvalue weighted by atomic mass is 9.76. The van der Waals surface area contributed by atoms with Crippen LogP contribution < -0.4 is 10.1 Å². The van der Waals surface area contributed by atoms with Gasteiger partial charge in [0.15, 0.2) is 0 Å². The summed E-state index contributed by atoms with van der Waals surface area (Å²) in [6.07, 6.45) is 0.645. The average molecular weight is 678 g/mol. The molecule has 0 spiro atoms. The molecule has 47 heavy (non-hydrogen) atoms. The summed E-state index contributed by atoms with van der Waals surface area (Å²) in [5, 5.41) is 23.6. The molecule has 8 nitrogen and oxygen atoms in total. The van der Waals surface area contributed by atoms with Crippen molar-refractivity contribution in [3.05, 3.63) is 68.3 Å². The molecule has 258 valence electrons. The standard InChI is InChI=1S/C33H45N3O3S.C2HF3O2/c1-32(2,3)26-17-23(18-27(30(26)39-7)33(4,5)6)22(19-29(37)38)16-25-20-40-28(35-25)12-8-11-24-14-13-21-10-9-15-34-31(21)36-24;3-2(4,5)1(6)7/h13-14,17-18,20,22H,8-12,15-16,19H2,1-7H3,(H,34,36)(H,37,38);(H,6,7). The molecule has 3 N–H and O–H groups in total. The van der Waals surface area contributed by atoms with E-state index >= 15 is 0 Å². The van der Waals surface area contributed by atoms with Gasteiger partial charge in [0.05, 0.1) is 24.2 Å². The fourth-order valence-electron chi connectivity index (χ4n) is 5.48. The second-order valence-corrected chi connectivity index (χ2v) is 14.8. The Bertz CT molecular complexity index is 1510. The van der Waals surface area contributed by atoms with Crippen molar-refractivity contribution in [1.29, 1.82) is 0 Å². The third-order valence-corrected chi connectivity index (χ3v) is 8.85. The summed E-state index contributed by atoms with van der Waals surface area (Å²) in [5.41, 5.74) is 6.37. The first-order valence-corrected chi connectivity index (χ1v) is 16.6. The van der Waals surface area contributed by atoms with Gasteiger partial charge in [-0.25, -0.2) is 14.8 Å². The molecular formula is C35H46F3N3O5S. The zero-order valence-electron chi connectivity index (χ0n) is 28.2. The number of nitrogens with zero attached hydrogens (tertiary/aromatic N) is 2. The SMILES string of the molecule is COc1c(C(C)(C)C)cc(C(CC(=O)O)Cc2csc(CCCc3ccc4c(n3)NCCC4)n2)cc1C(C)(C)C.O=C(O)C(F)(F)F. The largest absolute Gasteiger partial charge is 0.496 e. The van der Waals surface area contributed by atoms with Gasteiger partial charge < -0.3 is 20.3 Å². The molecule has 4 rings (SSSR count). The predicted molar refractivity (Wildman–Crippen MR) is 178 cm³/mol. The summed E-state index contributed by atoms with van der Waals surface area (Å²) >= 11 is 1.67. The number of aliphatic carboxylic acids is 2. The molecule has 3 heterocycles. The highest BCUT2D eigenvalue weighted by Gasteiger charge is 2.38. The van der Waals surface area contributed by atoms with Gasteiger partial charge in [-0.1, -0.05) is 59.7 Å². The third-order valence-electron chi connectivity index (χ3n) is 7.90. The summed E-state index contributed by atoms with van der Waals surface area (Å²) in [7, 11) is 1.73. The second kappa shape index (κ2) is 15.5. The summed E-state index contributed by atoms with van der Waals surface area (Å²) in [6.45, 7) is 14.1. The highest BCUT2D eigenvalue weighted by Crippen LogP contribution is 2.42. The first-order chi connectivity index (χ1) is 21.8. The number of methoxy groups -OCH3 is 1. The molecule has 1 unspecified atom stereocenters. The maximum absolute atomic E-state index is 12.0. The molecular weight excluding hydrogens is 631 g/mol. The lowest BCUT2D eigenvalue weighted by molar-refractivity contribution is -0.192. The van der Waals surface area contributed by atoms with E-state index in [1.807, 2.05) is 0 Å². The van der Waals surface area contributed by atoms with Crippen LogP contribution >= 0.6 is 11.3 Å². The van der Waals surface area contributed by atoms with Gasteiger partial charge in [0.1, 0.15) is 11.6 Å². The van der Waals surface area contributed by atoms with Crippen molar-refractivity contribution in [2.75, 3.05) is 19.0 Å². The van der Waals surface area contributed by atoms with Crippen LogP contribution in [-0.2, 0) is 46.1 Å². The van der Waals surface area contributed by atoms with Crippen LogP contribution in [0.3, 0.4) is 0 Å². The van der Waals surface area contributed by atoms with Gasteiger partial charge in [0, 0.05) is 28.7 Å². The smallest absolute Gasteiger partial charge is 0.490 e. The maximum Gasteiger partial charge on any atom is 0.490 e. The van der Waals surface area contributed by atoms with E-state index in [1.54, 1.807) is 18.4 Å². The van der Waals surface area contributed by atoms with Gasteiger partial charge in [-0.05, 0) is 72.5 Å². The number of aryl methyl sites for hydroxylation is 3. The number of pyridine rings is 1. The molecule has 0 fully saturated rings. The van der Waals surface area contributed by atoms with Crippen LogP contribution in [0.25, 0.3) is 0 Å². The molecule has 0 radical (unpaired) electrons. The number of hydrogen-bond acceptors (Lipinski definition) is 7. The molecule has 3 aromatic rings. The number of aromatic nitrogens is 2. The normalized spacial score (nSPS) is 13.9. The van der Waals surface area contributed by atoms with E-state index in [4.69, 9.17) is 24.6 Å². The zero-order chi connectivity index (χ0) is 35.2. The molecule has 12 heteroatoms. The van der Waals surface area contributed by atoms with E-state index in [1.165, 1.54) is 12.0 Å². The minimum Gasteiger partial charge on any atom is -0.496 e. The number of carbonyl (C=O) groups is 2. The Balaban J connectivity index is 0.000000771. The Morgan fingerprint density at radius 2 is 1.60 bits per heavy atom. The predicted octanol–water partition coefficient (Wildman–Crippen LogP) is 8.11. The van der Waals surface area contributed by atoms with Gasteiger partial charge in [0.2, 0.25) is 0 Å². The number of fused-ring (bicyclic) bond motifs is 1. The molecule has 1 aliphatic rings. The van der Waals surface area contributed by atoms with E-state index < -0.39 is 18.1 Å². The monoisotopic (exact) mass is 677 g/mol. The lowest BCUT2D eigenvalue weighted by Crippen LogP contribution is -2.21. The van der Waals surface area contributed by atoms with Gasteiger partial charge >= 0.3 is 18.1 Å². The molecule has 0 bridgehead atoms. The number of ether oxygens (including phenoxy) is 1. The number of nitrogens with one attached hydrogen (secondary N) is 1. The van der Waals surface area contributed by atoms with E-state index in [0.717, 1.165) is 76.9 Å². The van der Waals surface area contributed by atoms with Crippen molar-refractivity contribution in [3.8, 4) is 5.75 Å². The molecule has 0 saturated heterocycles. The Morgan fingerprint density at radius 1 is 0.979 bits per heavy atom. The Kier molecular flexibility index (Phi) is 12.5. The van der Waals surface area contributed by atoms with Gasteiger partial charge in [-0.2, -0.15) is 13.2 Å². The van der Waals surface area contributed by atoms with Crippen molar-refractivity contribution in [1.82, 2.24) is 9.97 Å². The van der Waals surface area contributed by atoms with E-state index in [2.05, 4.69) is 76.5 Å². The number of thiazole rings is 1. The maximum atomic E-state index is 12.0. The lowest BCUT2D eigenvalue weighted by Gasteiger charge is -2.31. The van der Waals surface area contributed by atoms with Gasteiger partial charge in [-0.15, -0.1) is 11.3 Å². The Labute approximate surface area is 278 Å². The molecule has 1 aliphatic heterocycles. The first kappa shape index (κ1) is 37.8. The number of alkyl halides is 3. The van der Waals surface area contributed by atoms with Crippen LogP contribution in [0.5, 0.6) is 5.75 Å². The van der Waals surface area contributed by atoms with Crippen LogP contribution in [-0.4, -0.2) is 52.0 Å². The average Bonchev–Trinajstić information content (AvgIpc) is 3.41. The Hall–Kier alpha value is -3.67. The van der Waals surface area contributed by atoms with Crippen molar-refractivity contribution < 1.29 is 37.7 Å². The van der Waals surface area contributed by atoms with Crippen LogP contribution in [0, 0.1) is 0 Å². The number of carboxylic acid groups (broad SMARTS) is 2. The van der Waals surface area contributed by atoms with E-state index in [-0.39, 0.29) is 23.2 Å². The highest BCUT2D eigenvalue weighted by atomic mass is 32.1. The topological polar surface area (TPSA) is 122 Å². The number of carboxylic acids is 2. The van der Waals surface area contributed by atoms with Gasteiger partial charge in [-0.3, -0.25) is 4.79 Å². The number of hydrogen-bond donors (Lipinski definition) is 3. The van der Waals surface area contributed by atoms with Crippen molar-refractivity contribution >= 4 is 29.1 Å². The van der Waals surface area contributed by atoms with Crippen LogP contribution in [0.2, 0.25) is 0 Å². The first-order valence-electron chi connectivity index (χ1n) is 15.7. The van der Waals surface area contributed by atoms with Crippen LogP contribution in [0.1, 0.15) is 105 Å². The molecule has 0 amide bonds. The minimum atomic E-state index is -5.08. The molecule has 2 aromatic heterocycles. The second-order valence-electron chi connectivity index (χ2n) is 13.9. The summed E-state index contributed by atoms with van der Waals surface area (Å²) in [4.78, 5) is 30.6. The molecule has 0 saturated carbocycles. The zero-order valence-corrected chi connectivity index (χ0v) is 29.0. The quantitative estimate of drug-likeness (QED) is 0.197. The van der Waals surface area contributed by atoms with Crippen LogP contribution in [0.4, 0.5) is 19.0 Å². The number of benzene rings is 1. The summed E-state index contributed by atoms with van der Waals surface area (Å²) in [5.74, 6) is -1.77. The van der Waals surface area contributed by atoms with Crippen molar-refractivity contribution in [2.45, 2.75) is 109 Å². The van der Waals surface area contributed by atoms with E-state index in [0.29, 0.717) is 6.42 Å². The van der Waals surface area contributed by atoms with Gasteiger partial charge in [0.25, 0.3) is 0 Å². The number of anilines is 1. The fourth-order valence-corrected chi connectivity index (χ4v) is 6.33. The Morgan fingerprint density at radius 3 is 2.13 bits per heavy atom. The van der Waals surface area contributed by atoms with Crippen molar-refractivity contribution in [3.63, 3.8) is 0 Å². The molecule has 0 aliphatic carbocycles. The van der Waals surface area contributed by atoms with Crippen LogP contribution in [0.15, 0.2) is 29.6 Å². The molecule has 1 aromatic carbocycles. The van der Waals surface area contributed by atoms with E-state index in [9.17, 15) is 23.1 Å². The summed E-state index contributed by atoms with van der Waals surface area (Å²) in [6, 6.07) is 8.69. The highest BCUT2D eigenvalue weighted by molar-refractivity contribution is 7.09. The minimum absolute atomic E-state index is 0.0599. The number of rotatable bonds is 10. The third kappa shape index (κ3) is 10.9. The number of halogens is 3. The summed E-state index contributed by atoms with van der Waals surface area (Å²) < 4.78 is 37.7.